The number of amides is 1. The smallest absolute Gasteiger partial charge is 0.252 e. The molecule has 4 heterocycles. The molecule has 0 bridgehead atoms. The normalized spacial score (nSPS) is 22.1. The highest BCUT2D eigenvalue weighted by Gasteiger charge is 2.36. The molecule has 29 heavy (non-hydrogen) atoms. The van der Waals surface area contributed by atoms with Crippen LogP contribution in [0.15, 0.2) is 32.3 Å². The standard InChI is InChI=1S/C19H26N4O4S2/c1-15-12-17(27-20-15)14-21-7-9-22(10-8-21)19(24)16-4-2-6-23(13-16)29(25,26)18-5-3-11-28-18/h3,5,11-12,16H,2,4,6-10,13-14H2,1H3. The van der Waals surface area contributed by atoms with Crippen molar-refractivity contribution in [2.45, 2.75) is 30.5 Å². The number of hydrogen-bond donors (Lipinski definition) is 0. The zero-order valence-corrected chi connectivity index (χ0v) is 18.1. The third-order valence-corrected chi connectivity index (χ3v) is 8.80. The van der Waals surface area contributed by atoms with Gasteiger partial charge in [0.05, 0.1) is 18.2 Å². The molecule has 8 nitrogen and oxygen atoms in total. The van der Waals surface area contributed by atoms with Gasteiger partial charge in [0.25, 0.3) is 10.0 Å². The number of piperidine rings is 1. The van der Waals surface area contributed by atoms with Gasteiger partial charge < -0.3 is 9.42 Å². The monoisotopic (exact) mass is 438 g/mol. The summed E-state index contributed by atoms with van der Waals surface area (Å²) < 4.78 is 32.7. The van der Waals surface area contributed by atoms with Gasteiger partial charge in [-0.15, -0.1) is 11.3 Å². The molecule has 2 aromatic rings. The number of nitrogens with zero attached hydrogens (tertiary/aromatic N) is 4. The summed E-state index contributed by atoms with van der Waals surface area (Å²) in [6, 6.07) is 5.30. The molecule has 0 N–H and O–H groups in total. The zero-order chi connectivity index (χ0) is 20.4. The van der Waals surface area contributed by atoms with Crippen molar-refractivity contribution in [1.29, 1.82) is 0 Å². The number of rotatable bonds is 5. The second kappa shape index (κ2) is 8.55. The molecule has 0 spiro atoms. The number of aromatic nitrogens is 1. The molecule has 1 unspecified atom stereocenters. The van der Waals surface area contributed by atoms with Crippen LogP contribution in [0.4, 0.5) is 0 Å². The van der Waals surface area contributed by atoms with Crippen molar-refractivity contribution >= 4 is 27.3 Å². The van der Waals surface area contributed by atoms with Crippen molar-refractivity contribution in [3.8, 4) is 0 Å². The average Bonchev–Trinajstić information content (AvgIpc) is 3.41. The molecule has 1 amide bonds. The molecular weight excluding hydrogens is 412 g/mol. The molecule has 0 aliphatic carbocycles. The van der Waals surface area contributed by atoms with Gasteiger partial charge in [0.2, 0.25) is 5.91 Å². The van der Waals surface area contributed by atoms with E-state index >= 15 is 0 Å². The summed E-state index contributed by atoms with van der Waals surface area (Å²) in [6.07, 6.45) is 1.46. The molecule has 1 atom stereocenters. The maximum Gasteiger partial charge on any atom is 0.252 e. The lowest BCUT2D eigenvalue weighted by molar-refractivity contribution is -0.138. The first-order chi connectivity index (χ1) is 13.9. The molecule has 4 rings (SSSR count). The van der Waals surface area contributed by atoms with Crippen LogP contribution in [0.1, 0.15) is 24.3 Å². The highest BCUT2D eigenvalue weighted by molar-refractivity contribution is 7.91. The second-order valence-electron chi connectivity index (χ2n) is 7.67. The molecule has 158 valence electrons. The minimum Gasteiger partial charge on any atom is -0.360 e. The lowest BCUT2D eigenvalue weighted by atomic mass is 9.98. The van der Waals surface area contributed by atoms with Crippen LogP contribution in [-0.4, -0.2) is 72.9 Å². The van der Waals surface area contributed by atoms with E-state index in [4.69, 9.17) is 4.52 Å². The quantitative estimate of drug-likeness (QED) is 0.707. The Labute approximate surface area is 175 Å². The van der Waals surface area contributed by atoms with Crippen molar-refractivity contribution in [2.75, 3.05) is 39.3 Å². The molecule has 2 fully saturated rings. The Bertz CT molecular complexity index is 933. The van der Waals surface area contributed by atoms with E-state index in [-0.39, 0.29) is 18.4 Å². The SMILES string of the molecule is Cc1cc(CN2CCN(C(=O)C3CCCN(S(=O)(=O)c4cccs4)C3)CC2)on1. The van der Waals surface area contributed by atoms with Gasteiger partial charge in [0.1, 0.15) is 4.21 Å². The Balaban J connectivity index is 1.33. The van der Waals surface area contributed by atoms with Crippen LogP contribution in [0.25, 0.3) is 0 Å². The van der Waals surface area contributed by atoms with Gasteiger partial charge in [-0.1, -0.05) is 11.2 Å². The highest BCUT2D eigenvalue weighted by Crippen LogP contribution is 2.27. The predicted octanol–water partition coefficient (Wildman–Crippen LogP) is 1.79. The van der Waals surface area contributed by atoms with Gasteiger partial charge in [-0.05, 0) is 31.2 Å². The van der Waals surface area contributed by atoms with Gasteiger partial charge in [0, 0.05) is 45.3 Å². The number of hydrogen-bond acceptors (Lipinski definition) is 7. The molecule has 2 aliphatic rings. The van der Waals surface area contributed by atoms with Gasteiger partial charge in [0.15, 0.2) is 5.76 Å². The summed E-state index contributed by atoms with van der Waals surface area (Å²) >= 11 is 1.22. The lowest BCUT2D eigenvalue weighted by Crippen LogP contribution is -2.52. The fourth-order valence-electron chi connectivity index (χ4n) is 4.00. The first-order valence-electron chi connectivity index (χ1n) is 9.90. The zero-order valence-electron chi connectivity index (χ0n) is 16.5. The summed E-state index contributed by atoms with van der Waals surface area (Å²) in [7, 11) is -3.50. The predicted molar refractivity (Wildman–Crippen MR) is 109 cm³/mol. The molecular formula is C19H26N4O4S2. The van der Waals surface area contributed by atoms with E-state index in [0.717, 1.165) is 31.0 Å². The van der Waals surface area contributed by atoms with Crippen molar-refractivity contribution in [3.63, 3.8) is 0 Å². The van der Waals surface area contributed by atoms with Gasteiger partial charge in [-0.25, -0.2) is 8.42 Å². The Kier molecular flexibility index (Phi) is 6.05. The van der Waals surface area contributed by atoms with E-state index in [1.54, 1.807) is 17.5 Å². The summed E-state index contributed by atoms with van der Waals surface area (Å²) in [5.41, 5.74) is 0.869. The van der Waals surface area contributed by atoms with E-state index in [0.29, 0.717) is 36.8 Å². The number of thiophene rings is 1. The summed E-state index contributed by atoms with van der Waals surface area (Å²) in [4.78, 5) is 17.2. The number of piperazine rings is 1. The Morgan fingerprint density at radius 2 is 2.07 bits per heavy atom. The summed E-state index contributed by atoms with van der Waals surface area (Å²) in [5.74, 6) is 0.650. The molecule has 0 saturated carbocycles. The highest BCUT2D eigenvalue weighted by atomic mass is 32.2. The molecule has 10 heteroatoms. The number of aryl methyl sites for hydroxylation is 1. The number of carbonyl (C=O) groups is 1. The van der Waals surface area contributed by atoms with Crippen LogP contribution in [0, 0.1) is 12.8 Å². The van der Waals surface area contributed by atoms with E-state index in [9.17, 15) is 13.2 Å². The minimum absolute atomic E-state index is 0.0752. The average molecular weight is 439 g/mol. The Hall–Kier alpha value is -1.75. The third kappa shape index (κ3) is 4.55. The van der Waals surface area contributed by atoms with Crippen LogP contribution in [0.2, 0.25) is 0 Å². The van der Waals surface area contributed by atoms with Gasteiger partial charge in [-0.3, -0.25) is 9.69 Å². The third-order valence-electron chi connectivity index (χ3n) is 5.56. The van der Waals surface area contributed by atoms with E-state index < -0.39 is 10.0 Å². The number of carbonyl (C=O) groups excluding carboxylic acids is 1. The fraction of sp³-hybridized carbons (Fsp3) is 0.579. The lowest BCUT2D eigenvalue weighted by Gasteiger charge is -2.38. The largest absolute Gasteiger partial charge is 0.360 e. The molecule has 2 saturated heterocycles. The van der Waals surface area contributed by atoms with E-state index in [1.807, 2.05) is 17.9 Å². The van der Waals surface area contributed by atoms with E-state index in [1.165, 1.54) is 15.6 Å². The molecule has 0 aromatic carbocycles. The van der Waals surface area contributed by atoms with E-state index in [2.05, 4.69) is 10.1 Å². The molecule has 0 radical (unpaired) electrons. The first kappa shape index (κ1) is 20.5. The summed E-state index contributed by atoms with van der Waals surface area (Å²) in [6.45, 7) is 6.20. The van der Waals surface area contributed by atoms with Gasteiger partial charge >= 0.3 is 0 Å². The summed E-state index contributed by atoms with van der Waals surface area (Å²) in [5, 5.41) is 5.68. The van der Waals surface area contributed by atoms with Crippen molar-refractivity contribution in [1.82, 2.24) is 19.3 Å². The Morgan fingerprint density at radius 3 is 2.72 bits per heavy atom. The first-order valence-corrected chi connectivity index (χ1v) is 12.2. The van der Waals surface area contributed by atoms with Crippen LogP contribution >= 0.6 is 11.3 Å². The number of sulfonamides is 1. The molecule has 2 aromatic heterocycles. The fourth-order valence-corrected chi connectivity index (χ4v) is 6.66. The van der Waals surface area contributed by atoms with Crippen molar-refractivity contribution in [2.24, 2.45) is 5.92 Å². The van der Waals surface area contributed by atoms with Crippen molar-refractivity contribution < 1.29 is 17.7 Å². The van der Waals surface area contributed by atoms with Crippen LogP contribution < -0.4 is 0 Å². The molecule has 2 aliphatic heterocycles. The maximum absolute atomic E-state index is 13.0. The minimum atomic E-state index is -3.50. The van der Waals surface area contributed by atoms with Crippen LogP contribution in [-0.2, 0) is 21.4 Å². The second-order valence-corrected chi connectivity index (χ2v) is 10.8. The van der Waals surface area contributed by atoms with Crippen LogP contribution in [0.3, 0.4) is 0 Å². The van der Waals surface area contributed by atoms with Crippen LogP contribution in [0.5, 0.6) is 0 Å². The topological polar surface area (TPSA) is 87.0 Å². The van der Waals surface area contributed by atoms with Gasteiger partial charge in [-0.2, -0.15) is 4.31 Å². The Morgan fingerprint density at radius 1 is 1.28 bits per heavy atom. The van der Waals surface area contributed by atoms with Crippen molar-refractivity contribution in [3.05, 3.63) is 35.0 Å². The maximum atomic E-state index is 13.0.